The molecule has 0 spiro atoms. The van der Waals surface area contributed by atoms with Gasteiger partial charge in [0.15, 0.2) is 17.1 Å². The quantitative estimate of drug-likeness (QED) is 0.0698. The van der Waals surface area contributed by atoms with Crippen molar-refractivity contribution in [3.8, 4) is 11.5 Å². The van der Waals surface area contributed by atoms with Crippen LogP contribution in [-0.2, 0) is 62.2 Å². The van der Waals surface area contributed by atoms with Crippen LogP contribution >= 0.6 is 11.6 Å². The van der Waals surface area contributed by atoms with Crippen LogP contribution in [0.25, 0.3) is 22.6 Å². The van der Waals surface area contributed by atoms with Crippen LogP contribution in [0.5, 0.6) is 0 Å². The maximum atomic E-state index is 15.2. The number of nitrogens with one attached hydrogen (secondary N) is 4. The number of nitrogens with zero attached hydrogens (tertiary/aromatic N) is 7. The number of esters is 2. The number of benzene rings is 2. The zero-order valence-electron chi connectivity index (χ0n) is 54.9. The predicted octanol–water partition coefficient (Wildman–Crippen LogP) is -0.765. The van der Waals surface area contributed by atoms with Crippen LogP contribution in [0.2, 0.25) is 0 Å². The van der Waals surface area contributed by atoms with Gasteiger partial charge < -0.3 is 75.4 Å². The van der Waals surface area contributed by atoms with E-state index in [0.29, 0.717) is 5.56 Å². The third-order valence-corrected chi connectivity index (χ3v) is 18.2. The van der Waals surface area contributed by atoms with Gasteiger partial charge in [-0.3, -0.25) is 57.5 Å². The summed E-state index contributed by atoms with van der Waals surface area (Å²) in [5.41, 5.74) is 2.91. The number of aryl methyl sites for hydroxylation is 1. The van der Waals surface area contributed by atoms with Crippen molar-refractivity contribution in [3.05, 3.63) is 44.6 Å². The molecule has 7 N–H and O–H groups in total. The smallest absolute Gasteiger partial charge is 0.329 e. The molecular weight excluding hydrogens is 1240 g/mol. The molecule has 7 rings (SSSR count). The first-order valence-electron chi connectivity index (χ1n) is 30.6. The third-order valence-electron chi connectivity index (χ3n) is 17.9. The van der Waals surface area contributed by atoms with E-state index in [0.717, 1.165) is 29.4 Å². The Hall–Kier alpha value is -8.80. The minimum atomic E-state index is -2.09. The molecule has 1 aromatic carbocycles. The highest BCUT2D eigenvalue weighted by molar-refractivity contribution is 6.19. The van der Waals surface area contributed by atoms with Gasteiger partial charge in [0.1, 0.15) is 71.8 Å². The van der Waals surface area contributed by atoms with Gasteiger partial charge >= 0.3 is 11.9 Å². The number of anilines is 1. The van der Waals surface area contributed by atoms with Gasteiger partial charge in [-0.2, -0.15) is 0 Å². The van der Waals surface area contributed by atoms with E-state index in [-0.39, 0.29) is 34.4 Å². The molecule has 4 saturated heterocycles. The van der Waals surface area contributed by atoms with Gasteiger partial charge in [-0.15, -0.1) is 11.6 Å². The number of Topliss-reactive ketones (excluding diaryl/α,β-unsaturated/α-hetero) is 1. The van der Waals surface area contributed by atoms with E-state index in [1.807, 2.05) is 0 Å². The number of carbonyl (C=O) groups excluding carboxylic acids is 13. The summed E-state index contributed by atoms with van der Waals surface area (Å²) in [5, 5.41) is 21.6. The molecular formula is C62H83ClN12O18. The fraction of sp³-hybridized carbons (Fsp3) is 0.597. The molecule has 0 bridgehead atoms. The number of nitrogen functional groups attached to an aromatic ring is 1. The molecule has 30 nitrogen and oxygen atoms in total. The maximum absolute atomic E-state index is 15.2. The van der Waals surface area contributed by atoms with Gasteiger partial charge in [-0.05, 0) is 77.3 Å². The Morgan fingerprint density at radius 2 is 1.26 bits per heavy atom. The summed E-state index contributed by atoms with van der Waals surface area (Å²) >= 11 is 6.49. The number of hydrogen-bond donors (Lipinski definition) is 6. The van der Waals surface area contributed by atoms with Gasteiger partial charge in [0, 0.05) is 46.2 Å². The van der Waals surface area contributed by atoms with Crippen molar-refractivity contribution < 1.29 is 81.3 Å². The molecule has 10 amide bonds. The molecule has 0 aromatic heterocycles. The lowest BCUT2D eigenvalue weighted by Crippen LogP contribution is -2.62. The van der Waals surface area contributed by atoms with Gasteiger partial charge in [0.2, 0.25) is 52.7 Å². The molecule has 5 heterocycles. The number of aliphatic hydroxyl groups is 1. The molecule has 0 saturated carbocycles. The summed E-state index contributed by atoms with van der Waals surface area (Å²) in [6.45, 7) is 16.9. The van der Waals surface area contributed by atoms with E-state index in [4.69, 9.17) is 36.2 Å². The topological polar surface area (TPSA) is 397 Å². The number of aromatic nitrogens is 1. The molecule has 1 aromatic rings. The van der Waals surface area contributed by atoms with Crippen molar-refractivity contribution in [1.82, 2.24) is 55.7 Å². The Labute approximate surface area is 541 Å². The molecule has 13 unspecified atom stereocenters. The second-order valence-electron chi connectivity index (χ2n) is 25.6. The first kappa shape index (κ1) is 71.6. The van der Waals surface area contributed by atoms with Crippen LogP contribution in [0, 0.1) is 31.6 Å². The molecule has 0 radical (unpaired) electrons. The van der Waals surface area contributed by atoms with Gasteiger partial charge in [0.05, 0.1) is 47.9 Å². The Bertz CT molecular complexity index is 3590. The van der Waals surface area contributed by atoms with E-state index < -0.39 is 221 Å². The van der Waals surface area contributed by atoms with Crippen molar-refractivity contribution in [3.63, 3.8) is 0 Å². The number of rotatable bonds is 8. The van der Waals surface area contributed by atoms with E-state index in [1.54, 1.807) is 55.4 Å². The highest BCUT2D eigenvalue weighted by Crippen LogP contribution is 2.36. The molecule has 13 atom stereocenters. The number of aliphatic hydroxyl groups excluding tert-OH is 1. The average molecular weight is 1320 g/mol. The van der Waals surface area contributed by atoms with Gasteiger partial charge in [-0.25, -0.2) is 14.6 Å². The SMILES string of the molecule is Cc1c2oc3c(C)ccc(C(=O)NC4C(=O)NC(C(C)C)C(=O)N5C(C)CC(O)C5C(=O)N(C)CC(=O)N(C)C(C(C)C)C(=O)OC4C)c3nc-2c(C(=O)NC2C(=O)NC(C(C)C)C(=O)N3C(C)C(=O)CC3C(=O)N(C)CC(=O)N(C)C(C)C(=O)OC2CCl)c(N)c1=O. The van der Waals surface area contributed by atoms with E-state index in [1.165, 1.54) is 68.0 Å². The number of ketones is 1. The molecule has 93 heavy (non-hydrogen) atoms. The van der Waals surface area contributed by atoms with E-state index in [2.05, 4.69) is 21.3 Å². The molecule has 4 fully saturated rings. The molecule has 1 aliphatic carbocycles. The number of likely N-dealkylation sites (N-methyl/N-ethyl adjacent to an activating group) is 4. The number of cyclic esters (lactones) is 2. The minimum absolute atomic E-state index is 0.0330. The van der Waals surface area contributed by atoms with Gasteiger partial charge in [-0.1, -0.05) is 47.6 Å². The summed E-state index contributed by atoms with van der Waals surface area (Å²) in [6.07, 6.45) is -5.24. The fourth-order valence-corrected chi connectivity index (χ4v) is 12.4. The van der Waals surface area contributed by atoms with Crippen LogP contribution in [0.15, 0.2) is 21.3 Å². The standard InChI is InChI=1S/C62H83ClN12O18/c1-24(2)42-58(86)74-28(8)19-36(77)49(74)60(88)71(14)23-39(79)73(16)48(26(5)6)62(90)91-32(12)44(55(83)66-42)68-53(81)33-18-17-27(7)51-45(33)65-47-40(41(64)50(80)29(9)52(47)93-51)54(82)69-46-37(21-63)92-61(89)31(11)72(15)38(78)22-70(13)57(85)34-20-35(76)30(10)75(34)59(87)43(25(3)4)67-56(46)84/h17-18,24-26,28,30-32,34,36-37,42-44,46,48-49,77H,19-23,64H2,1-16H3,(H,66,83)(H,67,84)(H,68,81)(H,69,82). The number of carbonyl (C=O) groups is 13. The highest BCUT2D eigenvalue weighted by atomic mass is 35.5. The zero-order chi connectivity index (χ0) is 69.6. The van der Waals surface area contributed by atoms with Crippen molar-refractivity contribution in [2.45, 2.75) is 175 Å². The normalized spacial score (nSPS) is 28.1. The fourth-order valence-electron chi connectivity index (χ4n) is 12.2. The first-order chi connectivity index (χ1) is 43.4. The molecule has 506 valence electrons. The zero-order valence-corrected chi connectivity index (χ0v) is 55.7. The van der Waals surface area contributed by atoms with Crippen LogP contribution in [0.3, 0.4) is 0 Å². The number of ether oxygens (including phenoxy) is 2. The van der Waals surface area contributed by atoms with Crippen molar-refractivity contribution >= 4 is 105 Å². The molecule has 31 heteroatoms. The van der Waals surface area contributed by atoms with Crippen LogP contribution in [0.1, 0.15) is 114 Å². The summed E-state index contributed by atoms with van der Waals surface area (Å²) in [7, 11) is 5.16. The summed E-state index contributed by atoms with van der Waals surface area (Å²) < 4.78 is 18.1. The average Bonchev–Trinajstić information content (AvgIpc) is 1.54. The monoisotopic (exact) mass is 1320 g/mol. The lowest BCUT2D eigenvalue weighted by Gasteiger charge is -2.37. The van der Waals surface area contributed by atoms with Crippen LogP contribution in [-0.4, -0.2) is 242 Å². The van der Waals surface area contributed by atoms with Crippen molar-refractivity contribution in [1.29, 1.82) is 0 Å². The van der Waals surface area contributed by atoms with E-state index in [9.17, 15) is 62.6 Å². The van der Waals surface area contributed by atoms with Crippen molar-refractivity contribution in [2.75, 3.05) is 52.9 Å². The Kier molecular flexibility index (Phi) is 21.7. The number of hydrogen-bond acceptors (Lipinski definition) is 20. The second kappa shape index (κ2) is 28.2. The van der Waals surface area contributed by atoms with Crippen LogP contribution < -0.4 is 32.4 Å². The van der Waals surface area contributed by atoms with E-state index >= 15 is 9.59 Å². The number of fused-ring (bicyclic) bond motifs is 4. The number of nitrogens with two attached hydrogens (primary N) is 1. The first-order valence-corrected chi connectivity index (χ1v) is 31.1. The number of halogens is 1. The Morgan fingerprint density at radius 1 is 0.710 bits per heavy atom. The number of alkyl halides is 1. The lowest BCUT2D eigenvalue weighted by molar-refractivity contribution is -0.163. The van der Waals surface area contributed by atoms with Crippen LogP contribution in [0.4, 0.5) is 5.69 Å². The molecule has 6 aliphatic rings. The Balaban J connectivity index is 1.34. The lowest BCUT2D eigenvalue weighted by atomic mass is 9.98. The third kappa shape index (κ3) is 14.0. The summed E-state index contributed by atoms with van der Waals surface area (Å²) in [6, 6.07) is -11.7. The number of amides is 10. The maximum Gasteiger partial charge on any atom is 0.329 e. The predicted molar refractivity (Wildman–Crippen MR) is 332 cm³/mol. The second-order valence-corrected chi connectivity index (χ2v) is 25.9. The van der Waals surface area contributed by atoms with Crippen molar-refractivity contribution in [2.24, 2.45) is 17.8 Å². The summed E-state index contributed by atoms with van der Waals surface area (Å²) in [4.78, 5) is 212. The highest BCUT2D eigenvalue weighted by Gasteiger charge is 2.52. The van der Waals surface area contributed by atoms with Gasteiger partial charge in [0.25, 0.3) is 11.8 Å². The minimum Gasteiger partial charge on any atom is -0.458 e. The molecule has 5 aliphatic heterocycles. The summed E-state index contributed by atoms with van der Waals surface area (Å²) in [5.74, 6) is -15.3. The Morgan fingerprint density at radius 3 is 1.83 bits per heavy atom. The largest absolute Gasteiger partial charge is 0.458 e.